The second kappa shape index (κ2) is 8.71. The number of hydrogen-bond acceptors (Lipinski definition) is 5. The Morgan fingerprint density at radius 3 is 2.85 bits per heavy atom. The van der Waals surface area contributed by atoms with Crippen molar-refractivity contribution in [3.63, 3.8) is 0 Å². The molecule has 2 N–H and O–H groups in total. The summed E-state index contributed by atoms with van der Waals surface area (Å²) in [6.07, 6.45) is 5.98. The lowest BCUT2D eigenvalue weighted by molar-refractivity contribution is 0.388. The van der Waals surface area contributed by atoms with Crippen LogP contribution in [0.25, 0.3) is 0 Å². The zero-order valence-corrected chi connectivity index (χ0v) is 14.4. The molecule has 5 heteroatoms. The third kappa shape index (κ3) is 4.42. The molecule has 0 amide bonds. The lowest BCUT2D eigenvalue weighted by Gasteiger charge is -2.30. The number of hydrogen-bond donors (Lipinski definition) is 2. The summed E-state index contributed by atoms with van der Waals surface area (Å²) in [5, 5.41) is 18.0. The highest BCUT2D eigenvalue weighted by Gasteiger charge is 2.17. The van der Waals surface area contributed by atoms with Gasteiger partial charge in [0.1, 0.15) is 5.69 Å². The predicted molar refractivity (Wildman–Crippen MR) is 102 cm³/mol. The average Bonchev–Trinajstić information content (AvgIpc) is 2.69. The summed E-state index contributed by atoms with van der Waals surface area (Å²) < 4.78 is 0. The van der Waals surface area contributed by atoms with Crippen molar-refractivity contribution in [2.75, 3.05) is 23.5 Å². The smallest absolute Gasteiger partial charge is 0.154 e. The normalized spacial score (nSPS) is 13.4. The molecule has 5 nitrogen and oxygen atoms in total. The SMILES string of the molecule is N#CCc1cccc(C#CC=C2CCN(c3ncccc3NO)CC2)c1. The molecule has 0 radical (unpaired) electrons. The van der Waals surface area contributed by atoms with Gasteiger partial charge in [0.25, 0.3) is 0 Å². The molecule has 26 heavy (non-hydrogen) atoms. The van der Waals surface area contributed by atoms with Crippen molar-refractivity contribution in [2.45, 2.75) is 19.3 Å². The topological polar surface area (TPSA) is 72.2 Å². The van der Waals surface area contributed by atoms with Crippen LogP contribution < -0.4 is 10.4 Å². The number of aromatic nitrogens is 1. The molecule has 0 spiro atoms. The highest BCUT2D eigenvalue weighted by Crippen LogP contribution is 2.26. The number of rotatable bonds is 3. The van der Waals surface area contributed by atoms with Crippen molar-refractivity contribution >= 4 is 11.5 Å². The van der Waals surface area contributed by atoms with Gasteiger partial charge in [-0.25, -0.2) is 4.98 Å². The number of nitrogens with zero attached hydrogens (tertiary/aromatic N) is 3. The average molecular weight is 344 g/mol. The Balaban J connectivity index is 1.62. The van der Waals surface area contributed by atoms with Crippen LogP contribution in [0.2, 0.25) is 0 Å². The molecule has 130 valence electrons. The quantitative estimate of drug-likeness (QED) is 0.658. The summed E-state index contributed by atoms with van der Waals surface area (Å²) in [5.41, 5.74) is 6.07. The molecule has 0 atom stereocenters. The van der Waals surface area contributed by atoms with Crippen molar-refractivity contribution in [1.29, 1.82) is 5.26 Å². The molecule has 2 heterocycles. The van der Waals surface area contributed by atoms with Crippen molar-refractivity contribution in [3.8, 4) is 17.9 Å². The number of benzene rings is 1. The Morgan fingerprint density at radius 1 is 1.23 bits per heavy atom. The fourth-order valence-electron chi connectivity index (χ4n) is 2.96. The van der Waals surface area contributed by atoms with Crippen LogP contribution in [0.1, 0.15) is 24.0 Å². The van der Waals surface area contributed by atoms with Gasteiger partial charge in [-0.15, -0.1) is 0 Å². The molecule has 0 saturated carbocycles. The van der Waals surface area contributed by atoms with Gasteiger partial charge in [-0.1, -0.05) is 29.5 Å². The van der Waals surface area contributed by atoms with Gasteiger partial charge in [0.05, 0.1) is 12.5 Å². The summed E-state index contributed by atoms with van der Waals surface area (Å²) >= 11 is 0. The summed E-state index contributed by atoms with van der Waals surface area (Å²) in [5.74, 6) is 7.06. The molecule has 1 aromatic heterocycles. The molecular formula is C21H20N4O. The Labute approximate surface area is 153 Å². The predicted octanol–water partition coefficient (Wildman–Crippen LogP) is 3.53. The van der Waals surface area contributed by atoms with Crippen LogP contribution in [0.5, 0.6) is 0 Å². The number of pyridine rings is 1. The Bertz CT molecular complexity index is 892. The summed E-state index contributed by atoms with van der Waals surface area (Å²) in [6, 6.07) is 13.5. The van der Waals surface area contributed by atoms with E-state index in [1.54, 1.807) is 18.3 Å². The lowest BCUT2D eigenvalue weighted by atomic mass is 10.0. The maximum absolute atomic E-state index is 9.21. The molecule has 0 aliphatic carbocycles. The van der Waals surface area contributed by atoms with Crippen LogP contribution in [-0.4, -0.2) is 23.3 Å². The van der Waals surface area contributed by atoms with Gasteiger partial charge < -0.3 is 4.90 Å². The molecule has 1 saturated heterocycles. The third-order valence-electron chi connectivity index (χ3n) is 4.32. The molecular weight excluding hydrogens is 324 g/mol. The van der Waals surface area contributed by atoms with E-state index in [0.29, 0.717) is 12.1 Å². The largest absolute Gasteiger partial charge is 0.354 e. The Morgan fingerprint density at radius 2 is 2.08 bits per heavy atom. The summed E-state index contributed by atoms with van der Waals surface area (Å²) in [4.78, 5) is 6.52. The first-order chi connectivity index (χ1) is 12.8. The van der Waals surface area contributed by atoms with Gasteiger partial charge in [0.15, 0.2) is 5.82 Å². The van der Waals surface area contributed by atoms with Gasteiger partial charge in [0.2, 0.25) is 0 Å². The van der Waals surface area contributed by atoms with Crippen LogP contribution in [0, 0.1) is 23.2 Å². The summed E-state index contributed by atoms with van der Waals surface area (Å²) in [6.45, 7) is 1.69. The molecule has 1 fully saturated rings. The van der Waals surface area contributed by atoms with E-state index < -0.39 is 0 Å². The Hall–Kier alpha value is -3.28. The molecule has 1 aliphatic rings. The van der Waals surface area contributed by atoms with Crippen molar-refractivity contribution in [1.82, 2.24) is 4.98 Å². The van der Waals surface area contributed by atoms with Crippen LogP contribution in [-0.2, 0) is 6.42 Å². The third-order valence-corrected chi connectivity index (χ3v) is 4.32. The molecule has 3 rings (SSSR count). The van der Waals surface area contributed by atoms with E-state index in [1.807, 2.05) is 30.3 Å². The summed E-state index contributed by atoms with van der Waals surface area (Å²) in [7, 11) is 0. The van der Waals surface area contributed by atoms with Gasteiger partial charge in [-0.05, 0) is 48.7 Å². The van der Waals surface area contributed by atoms with E-state index in [2.05, 4.69) is 33.3 Å². The second-order valence-electron chi connectivity index (χ2n) is 6.08. The minimum absolute atomic E-state index is 0.407. The monoisotopic (exact) mass is 344 g/mol. The highest BCUT2D eigenvalue weighted by atomic mass is 16.5. The van der Waals surface area contributed by atoms with Gasteiger partial charge in [0, 0.05) is 24.8 Å². The molecule has 2 aromatic rings. The number of anilines is 2. The first kappa shape index (κ1) is 17.5. The van der Waals surface area contributed by atoms with E-state index in [4.69, 9.17) is 5.26 Å². The zero-order chi connectivity index (χ0) is 18.2. The van der Waals surface area contributed by atoms with Gasteiger partial charge >= 0.3 is 0 Å². The standard InChI is InChI=1S/C21H20N4O/c22-12-9-19-7-2-6-18(16-19)5-1-4-17-10-14-25(15-11-17)21-20(24-26)8-3-13-23-21/h2-4,6-8,13,16,24,26H,9-11,14-15H2. The number of allylic oxidation sites excluding steroid dienone is 1. The Kier molecular flexibility index (Phi) is 5.88. The number of piperidine rings is 1. The van der Waals surface area contributed by atoms with Crippen LogP contribution >= 0.6 is 0 Å². The molecule has 0 unspecified atom stereocenters. The minimum Gasteiger partial charge on any atom is -0.354 e. The van der Waals surface area contributed by atoms with Crippen molar-refractivity contribution < 1.29 is 5.21 Å². The van der Waals surface area contributed by atoms with E-state index in [-0.39, 0.29) is 0 Å². The minimum atomic E-state index is 0.407. The molecule has 1 aromatic carbocycles. The van der Waals surface area contributed by atoms with Crippen molar-refractivity contribution in [3.05, 3.63) is 65.4 Å². The maximum Gasteiger partial charge on any atom is 0.154 e. The first-order valence-electron chi connectivity index (χ1n) is 8.55. The maximum atomic E-state index is 9.21. The number of nitrogens with one attached hydrogen (secondary N) is 1. The van der Waals surface area contributed by atoms with E-state index in [9.17, 15) is 5.21 Å². The van der Waals surface area contributed by atoms with Crippen LogP contribution in [0.3, 0.4) is 0 Å². The molecule has 1 aliphatic heterocycles. The van der Waals surface area contributed by atoms with E-state index in [1.165, 1.54) is 5.57 Å². The lowest BCUT2D eigenvalue weighted by Crippen LogP contribution is -2.31. The molecule has 0 bridgehead atoms. The van der Waals surface area contributed by atoms with Crippen molar-refractivity contribution in [2.24, 2.45) is 0 Å². The number of nitriles is 1. The first-order valence-corrected chi connectivity index (χ1v) is 8.55. The van der Waals surface area contributed by atoms with Crippen LogP contribution in [0.4, 0.5) is 11.5 Å². The van der Waals surface area contributed by atoms with Gasteiger partial charge in [-0.3, -0.25) is 10.7 Å². The highest BCUT2D eigenvalue weighted by molar-refractivity contribution is 5.64. The van der Waals surface area contributed by atoms with E-state index in [0.717, 1.165) is 42.9 Å². The fourth-order valence-corrected chi connectivity index (χ4v) is 2.96. The van der Waals surface area contributed by atoms with Gasteiger partial charge in [-0.2, -0.15) is 5.26 Å². The second-order valence-corrected chi connectivity index (χ2v) is 6.08. The van der Waals surface area contributed by atoms with Crippen LogP contribution in [0.15, 0.2) is 54.2 Å². The zero-order valence-electron chi connectivity index (χ0n) is 14.4. The van der Waals surface area contributed by atoms with E-state index >= 15 is 0 Å². The fraction of sp³-hybridized carbons (Fsp3) is 0.238.